The van der Waals surface area contributed by atoms with Gasteiger partial charge in [0.1, 0.15) is 24.0 Å². The summed E-state index contributed by atoms with van der Waals surface area (Å²) in [5.41, 5.74) is 3.96. The molecule has 0 aromatic heterocycles. The first-order chi connectivity index (χ1) is 19.4. The first-order valence-corrected chi connectivity index (χ1v) is 14.1. The molecule has 0 bridgehead atoms. The van der Waals surface area contributed by atoms with E-state index in [1.807, 2.05) is 18.2 Å². The first kappa shape index (κ1) is 29.5. The topological polar surface area (TPSA) is 73.8 Å². The fraction of sp³-hybridized carbons (Fsp3) is 0.406. The summed E-state index contributed by atoms with van der Waals surface area (Å²) in [5, 5.41) is 17.3. The third kappa shape index (κ3) is 8.02. The van der Waals surface area contributed by atoms with Crippen molar-refractivity contribution in [3.8, 4) is 5.75 Å². The number of hydrogen-bond donors (Lipinski definition) is 3. The number of aliphatic hydroxyl groups excluding tert-OH is 1. The number of anilines is 1. The molecule has 0 fully saturated rings. The third-order valence-corrected chi connectivity index (χ3v) is 7.20. The van der Waals surface area contributed by atoms with Crippen LogP contribution in [0.15, 0.2) is 60.7 Å². The molecule has 214 valence electrons. The van der Waals surface area contributed by atoms with Crippen molar-refractivity contribution in [3.05, 3.63) is 94.6 Å². The van der Waals surface area contributed by atoms with Crippen molar-refractivity contribution in [2.24, 2.45) is 0 Å². The lowest BCUT2D eigenvalue weighted by Crippen LogP contribution is -2.48. The molecule has 1 aliphatic rings. The van der Waals surface area contributed by atoms with Crippen LogP contribution in [0.1, 0.15) is 53.7 Å². The number of carbonyl (C=O) groups excluding carboxylic acids is 1. The summed E-state index contributed by atoms with van der Waals surface area (Å²) in [7, 11) is 0. The summed E-state index contributed by atoms with van der Waals surface area (Å²) < 4.78 is 33.6. The van der Waals surface area contributed by atoms with Crippen molar-refractivity contribution < 1.29 is 23.4 Å². The number of fused-ring (bicyclic) bond motifs is 1. The summed E-state index contributed by atoms with van der Waals surface area (Å²) in [6.45, 7) is 7.17. The molecule has 0 spiro atoms. The fourth-order valence-electron chi connectivity index (χ4n) is 4.98. The number of halogens is 2. The molecule has 8 heteroatoms. The van der Waals surface area contributed by atoms with Crippen molar-refractivity contribution >= 4 is 11.6 Å². The molecule has 6 nitrogen and oxygen atoms in total. The zero-order valence-corrected chi connectivity index (χ0v) is 23.3. The van der Waals surface area contributed by atoms with Crippen molar-refractivity contribution in [2.45, 2.75) is 58.2 Å². The van der Waals surface area contributed by atoms with Gasteiger partial charge in [-0.25, -0.2) is 8.78 Å². The Balaban J connectivity index is 1.49. The fourth-order valence-corrected chi connectivity index (χ4v) is 4.98. The highest BCUT2D eigenvalue weighted by Gasteiger charge is 2.25. The van der Waals surface area contributed by atoms with Crippen LogP contribution in [0.5, 0.6) is 5.75 Å². The lowest BCUT2D eigenvalue weighted by atomic mass is 9.99. The lowest BCUT2D eigenvalue weighted by Gasteiger charge is -2.31. The van der Waals surface area contributed by atoms with Crippen LogP contribution >= 0.6 is 0 Å². The number of carbonyl (C=O) groups is 1. The summed E-state index contributed by atoms with van der Waals surface area (Å²) in [4.78, 5) is 15.6. The number of nitrogens with zero attached hydrogens (tertiary/aromatic N) is 1. The Morgan fingerprint density at radius 1 is 1.02 bits per heavy atom. The minimum atomic E-state index is -1.01. The lowest BCUT2D eigenvalue weighted by molar-refractivity contribution is 0.0829. The minimum Gasteiger partial charge on any atom is -0.490 e. The molecule has 1 heterocycles. The molecule has 3 aromatic carbocycles. The average molecular weight is 552 g/mol. The maximum absolute atomic E-state index is 13.9. The summed E-state index contributed by atoms with van der Waals surface area (Å²) in [5.74, 6) is -1.04. The van der Waals surface area contributed by atoms with E-state index in [4.69, 9.17) is 4.74 Å². The van der Waals surface area contributed by atoms with E-state index in [9.17, 15) is 18.7 Å². The molecule has 0 aliphatic carbocycles. The number of hydrogen-bond acceptors (Lipinski definition) is 5. The molecule has 0 radical (unpaired) electrons. The molecular formula is C32H39F2N3O3. The smallest absolute Gasteiger partial charge is 0.251 e. The first-order valence-electron chi connectivity index (χ1n) is 14.1. The van der Waals surface area contributed by atoms with Crippen LogP contribution < -0.4 is 20.3 Å². The van der Waals surface area contributed by atoms with Crippen molar-refractivity contribution in [1.82, 2.24) is 10.6 Å². The number of aryl methyl sites for hydroxylation is 1. The van der Waals surface area contributed by atoms with E-state index in [1.54, 1.807) is 12.1 Å². The SMILES string of the molecule is CCCCN1CCOc2ccc(C(=O)N[C@@H](Cc3cc(F)cc(F)c3)[C@@H](O)CNCc3cccc(CC)c3)cc21. The van der Waals surface area contributed by atoms with Crippen LogP contribution in [0.25, 0.3) is 0 Å². The normalized spacial score (nSPS) is 14.3. The second-order valence-corrected chi connectivity index (χ2v) is 10.3. The Hall–Kier alpha value is -3.49. The second-order valence-electron chi connectivity index (χ2n) is 10.3. The van der Waals surface area contributed by atoms with E-state index < -0.39 is 23.8 Å². The van der Waals surface area contributed by atoms with E-state index in [0.717, 1.165) is 55.4 Å². The molecular weight excluding hydrogens is 512 g/mol. The standard InChI is InChI=1S/C32H39F2N3O3/c1-3-5-11-37-12-13-40-31-10-9-25(18-29(31)37)32(39)36-28(17-24-15-26(33)19-27(34)16-24)30(38)21-35-20-23-8-6-7-22(4-2)14-23/h6-10,14-16,18-19,28,30,35,38H,3-5,11-13,17,20-21H2,1-2H3,(H,36,39)/t28-,30-/m0/s1. The van der Waals surface area contributed by atoms with Gasteiger partial charge in [0.2, 0.25) is 0 Å². The van der Waals surface area contributed by atoms with E-state index in [1.165, 1.54) is 17.7 Å². The molecule has 0 unspecified atom stereocenters. The number of aliphatic hydroxyl groups is 1. The van der Waals surface area contributed by atoms with Crippen molar-refractivity contribution in [1.29, 1.82) is 0 Å². The monoisotopic (exact) mass is 551 g/mol. The number of ether oxygens (including phenoxy) is 1. The molecule has 2 atom stereocenters. The Bertz CT molecular complexity index is 1270. The van der Waals surface area contributed by atoms with Crippen LogP contribution in [0.3, 0.4) is 0 Å². The van der Waals surface area contributed by atoms with Gasteiger partial charge in [-0.15, -0.1) is 0 Å². The summed E-state index contributed by atoms with van der Waals surface area (Å²) in [6.07, 6.45) is 2.08. The highest BCUT2D eigenvalue weighted by molar-refractivity contribution is 5.96. The van der Waals surface area contributed by atoms with Gasteiger partial charge in [-0.05, 0) is 66.3 Å². The summed E-state index contributed by atoms with van der Waals surface area (Å²) in [6, 6.07) is 16.0. The number of benzene rings is 3. The molecule has 4 rings (SSSR count). The molecule has 3 N–H and O–H groups in total. The average Bonchev–Trinajstić information content (AvgIpc) is 2.95. The highest BCUT2D eigenvalue weighted by Crippen LogP contribution is 2.32. The molecule has 0 saturated carbocycles. The van der Waals surface area contributed by atoms with Gasteiger partial charge < -0.3 is 25.4 Å². The summed E-state index contributed by atoms with van der Waals surface area (Å²) >= 11 is 0. The van der Waals surface area contributed by atoms with Gasteiger partial charge in [0, 0.05) is 31.3 Å². The zero-order chi connectivity index (χ0) is 28.5. The van der Waals surface area contributed by atoms with Gasteiger partial charge in [0.15, 0.2) is 0 Å². The van der Waals surface area contributed by atoms with Crippen LogP contribution in [0, 0.1) is 11.6 Å². The van der Waals surface area contributed by atoms with Crippen LogP contribution in [-0.2, 0) is 19.4 Å². The quantitative estimate of drug-likeness (QED) is 0.278. The molecule has 0 saturated heterocycles. The van der Waals surface area contributed by atoms with E-state index in [0.29, 0.717) is 24.3 Å². The molecule has 40 heavy (non-hydrogen) atoms. The van der Waals surface area contributed by atoms with Crippen LogP contribution in [0.2, 0.25) is 0 Å². The van der Waals surface area contributed by atoms with Gasteiger partial charge >= 0.3 is 0 Å². The number of nitrogens with one attached hydrogen (secondary N) is 2. The van der Waals surface area contributed by atoms with Crippen molar-refractivity contribution in [3.63, 3.8) is 0 Å². The largest absolute Gasteiger partial charge is 0.490 e. The molecule has 1 aliphatic heterocycles. The predicted molar refractivity (Wildman–Crippen MR) is 154 cm³/mol. The van der Waals surface area contributed by atoms with Gasteiger partial charge in [-0.3, -0.25) is 4.79 Å². The Morgan fingerprint density at radius 2 is 1.80 bits per heavy atom. The van der Waals surface area contributed by atoms with Gasteiger partial charge in [0.25, 0.3) is 5.91 Å². The molecule has 1 amide bonds. The van der Waals surface area contributed by atoms with E-state index >= 15 is 0 Å². The number of amides is 1. The van der Waals surface area contributed by atoms with Gasteiger partial charge in [-0.2, -0.15) is 0 Å². The minimum absolute atomic E-state index is 0.0608. The van der Waals surface area contributed by atoms with Gasteiger partial charge in [0.05, 0.1) is 24.4 Å². The number of unbranched alkanes of at least 4 members (excludes halogenated alkanes) is 1. The second kappa shape index (κ2) is 14.2. The maximum atomic E-state index is 13.9. The molecule has 3 aromatic rings. The Labute approximate surface area is 235 Å². The Morgan fingerprint density at radius 3 is 2.55 bits per heavy atom. The zero-order valence-electron chi connectivity index (χ0n) is 23.3. The van der Waals surface area contributed by atoms with Crippen LogP contribution in [0.4, 0.5) is 14.5 Å². The van der Waals surface area contributed by atoms with Crippen molar-refractivity contribution in [2.75, 3.05) is 31.1 Å². The maximum Gasteiger partial charge on any atom is 0.251 e. The van der Waals surface area contributed by atoms with Gasteiger partial charge in [-0.1, -0.05) is 44.5 Å². The predicted octanol–water partition coefficient (Wildman–Crippen LogP) is 5.02. The van der Waals surface area contributed by atoms with E-state index in [2.05, 4.69) is 41.5 Å². The highest BCUT2D eigenvalue weighted by atomic mass is 19.1. The third-order valence-electron chi connectivity index (χ3n) is 7.20. The number of rotatable bonds is 13. The van der Waals surface area contributed by atoms with E-state index in [-0.39, 0.29) is 18.9 Å². The Kier molecular flexibility index (Phi) is 10.5. The van der Waals surface area contributed by atoms with Crippen LogP contribution in [-0.4, -0.2) is 49.4 Å².